The van der Waals surface area contributed by atoms with Gasteiger partial charge in [-0.3, -0.25) is 9.78 Å². The lowest BCUT2D eigenvalue weighted by atomic mass is 10.1. The number of nitrogens with zero attached hydrogens (tertiary/aromatic N) is 1. The van der Waals surface area contributed by atoms with Crippen molar-refractivity contribution >= 4 is 44.5 Å². The first-order valence-electron chi connectivity index (χ1n) is 7.81. The Kier molecular flexibility index (Phi) is 4.32. The zero-order chi connectivity index (χ0) is 18.1. The third-order valence-electron chi connectivity index (χ3n) is 3.82. The van der Waals surface area contributed by atoms with E-state index < -0.39 is 0 Å². The van der Waals surface area contributed by atoms with Gasteiger partial charge in [-0.05, 0) is 42.5 Å². The Morgan fingerprint density at radius 1 is 1.08 bits per heavy atom. The predicted octanol–water partition coefficient (Wildman–Crippen LogP) is 5.56. The fourth-order valence-corrected chi connectivity index (χ4v) is 3.71. The number of aromatic nitrogens is 1. The zero-order valence-corrected chi connectivity index (χ0v) is 15.1. The molecule has 0 bridgehead atoms. The van der Waals surface area contributed by atoms with E-state index in [0.717, 1.165) is 10.1 Å². The van der Waals surface area contributed by atoms with Crippen LogP contribution in [0.2, 0.25) is 5.02 Å². The molecule has 26 heavy (non-hydrogen) atoms. The van der Waals surface area contributed by atoms with Gasteiger partial charge in [0.1, 0.15) is 5.75 Å². The minimum atomic E-state index is -0.0732. The molecule has 0 saturated heterocycles. The van der Waals surface area contributed by atoms with E-state index in [1.807, 2.05) is 6.07 Å². The summed E-state index contributed by atoms with van der Waals surface area (Å²) in [4.78, 5) is 17.6. The van der Waals surface area contributed by atoms with E-state index >= 15 is 0 Å². The van der Waals surface area contributed by atoms with Crippen molar-refractivity contribution in [3.05, 3.63) is 82.5 Å². The average Bonchev–Trinajstić information content (AvgIpc) is 3.08. The minimum Gasteiger partial charge on any atom is -0.455 e. The monoisotopic (exact) mass is 380 g/mol. The number of halogens is 1. The fourth-order valence-electron chi connectivity index (χ4n) is 2.58. The Bertz CT molecular complexity index is 1110. The molecule has 0 radical (unpaired) electrons. The number of thiophene rings is 1. The van der Waals surface area contributed by atoms with Crippen molar-refractivity contribution < 1.29 is 9.53 Å². The molecule has 6 heteroatoms. The van der Waals surface area contributed by atoms with Gasteiger partial charge in [0.2, 0.25) is 5.78 Å². The van der Waals surface area contributed by atoms with Crippen LogP contribution >= 0.6 is 22.9 Å². The number of rotatable bonds is 4. The highest BCUT2D eigenvalue weighted by Crippen LogP contribution is 2.35. The summed E-state index contributed by atoms with van der Waals surface area (Å²) < 4.78 is 6.80. The number of ether oxygens (including phenoxy) is 1. The van der Waals surface area contributed by atoms with Gasteiger partial charge in [0, 0.05) is 27.9 Å². The molecule has 0 aliphatic rings. The van der Waals surface area contributed by atoms with Crippen molar-refractivity contribution in [1.82, 2.24) is 4.98 Å². The molecule has 0 spiro atoms. The topological polar surface area (TPSA) is 65.2 Å². The second-order valence-electron chi connectivity index (χ2n) is 5.67. The first-order chi connectivity index (χ1) is 12.6. The minimum absolute atomic E-state index is 0.0732. The average molecular weight is 381 g/mol. The van der Waals surface area contributed by atoms with Gasteiger partial charge in [0.05, 0.1) is 15.8 Å². The molecule has 128 valence electrons. The quantitative estimate of drug-likeness (QED) is 0.372. The molecule has 4 nitrogen and oxygen atoms in total. The largest absolute Gasteiger partial charge is 0.455 e. The van der Waals surface area contributed by atoms with Crippen molar-refractivity contribution in [2.75, 3.05) is 5.73 Å². The molecule has 2 aromatic heterocycles. The standard InChI is InChI=1S/C20H13ClN2O2S/c21-13-4-6-15(7-5-13)25-17-10-23-11-19-16(17)9-18(26-19)20(24)12-2-1-3-14(22)8-12/h1-11H,22H2. The Labute approximate surface area is 158 Å². The number of benzene rings is 2. The van der Waals surface area contributed by atoms with Crippen LogP contribution in [0.4, 0.5) is 5.69 Å². The lowest BCUT2D eigenvalue weighted by molar-refractivity contribution is 0.104. The van der Waals surface area contributed by atoms with Gasteiger partial charge in [-0.2, -0.15) is 0 Å². The molecule has 0 atom stereocenters. The first-order valence-corrected chi connectivity index (χ1v) is 9.01. The van der Waals surface area contributed by atoms with E-state index in [1.165, 1.54) is 11.3 Å². The van der Waals surface area contributed by atoms with Crippen LogP contribution in [-0.2, 0) is 0 Å². The van der Waals surface area contributed by atoms with Crippen molar-refractivity contribution in [1.29, 1.82) is 0 Å². The smallest absolute Gasteiger partial charge is 0.203 e. The van der Waals surface area contributed by atoms with Crippen LogP contribution in [0.5, 0.6) is 11.5 Å². The predicted molar refractivity (Wildman–Crippen MR) is 105 cm³/mol. The van der Waals surface area contributed by atoms with Gasteiger partial charge in [-0.25, -0.2) is 0 Å². The third-order valence-corrected chi connectivity index (χ3v) is 5.14. The van der Waals surface area contributed by atoms with Crippen LogP contribution in [0.25, 0.3) is 10.1 Å². The molecule has 4 aromatic rings. The Balaban J connectivity index is 1.71. The van der Waals surface area contributed by atoms with Crippen LogP contribution in [0, 0.1) is 0 Å². The van der Waals surface area contributed by atoms with E-state index in [9.17, 15) is 4.79 Å². The first kappa shape index (κ1) is 16.6. The lowest BCUT2D eigenvalue weighted by Crippen LogP contribution is -1.99. The number of anilines is 1. The number of nitrogens with two attached hydrogens (primary N) is 1. The van der Waals surface area contributed by atoms with Crippen LogP contribution in [0.3, 0.4) is 0 Å². The Hall–Kier alpha value is -2.89. The number of hydrogen-bond donors (Lipinski definition) is 1. The molecular weight excluding hydrogens is 368 g/mol. The Morgan fingerprint density at radius 3 is 2.65 bits per heavy atom. The number of carbonyl (C=O) groups excluding carboxylic acids is 1. The molecule has 0 amide bonds. The second kappa shape index (κ2) is 6.78. The maximum absolute atomic E-state index is 12.8. The SMILES string of the molecule is Nc1cccc(C(=O)c2cc3c(Oc4ccc(Cl)cc4)cncc3s2)c1. The Morgan fingerprint density at radius 2 is 1.88 bits per heavy atom. The summed E-state index contributed by atoms with van der Waals surface area (Å²) in [7, 11) is 0. The van der Waals surface area contributed by atoms with Crippen molar-refractivity contribution in [2.24, 2.45) is 0 Å². The fraction of sp³-hybridized carbons (Fsp3) is 0. The van der Waals surface area contributed by atoms with E-state index in [-0.39, 0.29) is 5.78 Å². The molecule has 2 N–H and O–H groups in total. The lowest BCUT2D eigenvalue weighted by Gasteiger charge is -2.06. The van der Waals surface area contributed by atoms with Gasteiger partial charge in [0.15, 0.2) is 5.75 Å². The van der Waals surface area contributed by atoms with E-state index in [4.69, 9.17) is 22.1 Å². The number of ketones is 1. The van der Waals surface area contributed by atoms with Crippen molar-refractivity contribution in [3.63, 3.8) is 0 Å². The van der Waals surface area contributed by atoms with Crippen molar-refractivity contribution in [3.8, 4) is 11.5 Å². The highest BCUT2D eigenvalue weighted by Gasteiger charge is 2.16. The molecule has 2 aromatic carbocycles. The van der Waals surface area contributed by atoms with Gasteiger partial charge in [-0.15, -0.1) is 11.3 Å². The maximum atomic E-state index is 12.8. The zero-order valence-electron chi connectivity index (χ0n) is 13.5. The molecule has 0 aliphatic heterocycles. The molecule has 4 rings (SSSR count). The molecule has 0 saturated carbocycles. The summed E-state index contributed by atoms with van der Waals surface area (Å²) >= 11 is 7.28. The van der Waals surface area contributed by atoms with Crippen LogP contribution in [-0.4, -0.2) is 10.8 Å². The second-order valence-corrected chi connectivity index (χ2v) is 7.19. The molecule has 0 unspecified atom stereocenters. The number of hydrogen-bond acceptors (Lipinski definition) is 5. The maximum Gasteiger partial charge on any atom is 0.203 e. The van der Waals surface area contributed by atoms with Gasteiger partial charge < -0.3 is 10.5 Å². The number of nitrogen functional groups attached to an aromatic ring is 1. The molecule has 0 fully saturated rings. The van der Waals surface area contributed by atoms with Gasteiger partial charge in [0.25, 0.3) is 0 Å². The van der Waals surface area contributed by atoms with Crippen LogP contribution in [0.15, 0.2) is 67.0 Å². The van der Waals surface area contributed by atoms with Crippen LogP contribution < -0.4 is 10.5 Å². The highest BCUT2D eigenvalue weighted by atomic mass is 35.5. The summed E-state index contributed by atoms with van der Waals surface area (Å²) in [5, 5.41) is 1.48. The van der Waals surface area contributed by atoms with E-state index in [0.29, 0.717) is 32.6 Å². The molecule has 0 aliphatic carbocycles. The molecular formula is C20H13ClN2O2S. The summed E-state index contributed by atoms with van der Waals surface area (Å²) in [6.07, 6.45) is 3.36. The number of carbonyl (C=O) groups is 1. The van der Waals surface area contributed by atoms with E-state index in [1.54, 1.807) is 60.9 Å². The number of fused-ring (bicyclic) bond motifs is 1. The van der Waals surface area contributed by atoms with Crippen molar-refractivity contribution in [2.45, 2.75) is 0 Å². The third kappa shape index (κ3) is 3.27. The van der Waals surface area contributed by atoms with Crippen LogP contribution in [0.1, 0.15) is 15.2 Å². The molecule has 2 heterocycles. The van der Waals surface area contributed by atoms with Gasteiger partial charge in [-0.1, -0.05) is 23.7 Å². The summed E-state index contributed by atoms with van der Waals surface area (Å²) in [6.45, 7) is 0. The highest BCUT2D eigenvalue weighted by molar-refractivity contribution is 7.21. The number of pyridine rings is 1. The van der Waals surface area contributed by atoms with Gasteiger partial charge >= 0.3 is 0 Å². The normalized spacial score (nSPS) is 10.8. The summed E-state index contributed by atoms with van der Waals surface area (Å²) in [5.41, 5.74) is 6.90. The summed E-state index contributed by atoms with van der Waals surface area (Å²) in [6, 6.07) is 15.9. The summed E-state index contributed by atoms with van der Waals surface area (Å²) in [5.74, 6) is 1.17. The van der Waals surface area contributed by atoms with E-state index in [2.05, 4.69) is 4.98 Å².